The summed E-state index contributed by atoms with van der Waals surface area (Å²) < 4.78 is 35.2. The Balaban J connectivity index is 1.40. The van der Waals surface area contributed by atoms with Gasteiger partial charge in [0, 0.05) is 43.1 Å². The Morgan fingerprint density at radius 1 is 1.23 bits per heavy atom. The average molecular weight is 500 g/mol. The normalized spacial score (nSPS) is 21.7. The number of alkyl halides is 1. The first kappa shape index (κ1) is 23.9. The van der Waals surface area contributed by atoms with Crippen molar-refractivity contribution in [2.45, 2.75) is 37.0 Å². The van der Waals surface area contributed by atoms with Gasteiger partial charge in [-0.05, 0) is 55.1 Å². The fraction of sp³-hybridized carbons (Fsp3) is 0.385. The summed E-state index contributed by atoms with van der Waals surface area (Å²) in [7, 11) is 0. The lowest BCUT2D eigenvalue weighted by Gasteiger charge is -2.32. The van der Waals surface area contributed by atoms with Crippen molar-refractivity contribution in [3.8, 4) is 0 Å². The van der Waals surface area contributed by atoms with Crippen LogP contribution in [-0.2, 0) is 4.74 Å². The molecule has 2 saturated heterocycles. The Bertz CT molecular complexity index is 1230. The maximum Gasteiger partial charge on any atom is 0.223 e. The Morgan fingerprint density at radius 2 is 2.06 bits per heavy atom. The third-order valence-electron chi connectivity index (χ3n) is 6.73. The van der Waals surface area contributed by atoms with Crippen molar-refractivity contribution in [3.05, 3.63) is 71.1 Å². The minimum absolute atomic E-state index is 0.0403. The number of fused-ring (bicyclic) bond motifs is 1. The summed E-state index contributed by atoms with van der Waals surface area (Å²) in [5.74, 6) is 0.0310. The number of benzene rings is 2. The first-order valence-electron chi connectivity index (χ1n) is 11.8. The Labute approximate surface area is 208 Å². The molecule has 0 amide bonds. The minimum Gasteiger partial charge on any atom is -0.381 e. The second-order valence-corrected chi connectivity index (χ2v) is 9.60. The highest BCUT2D eigenvalue weighted by Gasteiger charge is 2.43. The largest absolute Gasteiger partial charge is 0.381 e. The number of halogens is 3. The van der Waals surface area contributed by atoms with Crippen LogP contribution in [-0.4, -0.2) is 48.0 Å². The topological polar surface area (TPSA) is 71.1 Å². The maximum absolute atomic E-state index is 16.0. The Hall–Kier alpha value is -2.81. The van der Waals surface area contributed by atoms with E-state index >= 15 is 4.39 Å². The summed E-state index contributed by atoms with van der Waals surface area (Å²) >= 11 is 6.02. The molecule has 5 rings (SSSR count). The van der Waals surface area contributed by atoms with Crippen LogP contribution >= 0.6 is 11.6 Å². The monoisotopic (exact) mass is 499 g/mol. The molecule has 2 atom stereocenters. The molecule has 3 aromatic rings. The number of hydrogen-bond donors (Lipinski definition) is 3. The van der Waals surface area contributed by atoms with Crippen LogP contribution in [0.15, 0.2) is 49.2 Å². The molecule has 1 aromatic heterocycles. The molecule has 2 fully saturated rings. The van der Waals surface area contributed by atoms with Crippen LogP contribution in [0.3, 0.4) is 0 Å². The van der Waals surface area contributed by atoms with Crippen LogP contribution in [0, 0.1) is 5.82 Å². The fourth-order valence-electron chi connectivity index (χ4n) is 4.69. The van der Waals surface area contributed by atoms with Gasteiger partial charge in [0.2, 0.25) is 5.95 Å². The molecule has 0 unspecified atom stereocenters. The molecule has 35 heavy (non-hydrogen) atoms. The third-order valence-corrected chi connectivity index (χ3v) is 7.02. The number of aromatic nitrogens is 2. The number of rotatable bonds is 7. The zero-order valence-corrected chi connectivity index (χ0v) is 20.0. The Kier molecular flexibility index (Phi) is 6.86. The van der Waals surface area contributed by atoms with Crippen molar-refractivity contribution in [2.24, 2.45) is 0 Å². The molecular formula is C26H28ClF2N5O. The lowest BCUT2D eigenvalue weighted by atomic mass is 9.88. The molecule has 0 aliphatic carbocycles. The molecule has 0 saturated carbocycles. The number of hydrogen-bond acceptors (Lipinski definition) is 6. The summed E-state index contributed by atoms with van der Waals surface area (Å²) in [5, 5.41) is 10.6. The lowest BCUT2D eigenvalue weighted by molar-refractivity contribution is 0.0903. The number of ether oxygens (including phenoxy) is 1. The van der Waals surface area contributed by atoms with Gasteiger partial charge in [-0.2, -0.15) is 0 Å². The van der Waals surface area contributed by atoms with Crippen molar-refractivity contribution >= 4 is 34.1 Å². The van der Waals surface area contributed by atoms with Crippen LogP contribution in [0.5, 0.6) is 0 Å². The van der Waals surface area contributed by atoms with Crippen LogP contribution < -0.4 is 16.0 Å². The molecular weight excluding hydrogens is 472 g/mol. The number of nitrogens with zero attached hydrogens (tertiary/aromatic N) is 2. The van der Waals surface area contributed by atoms with E-state index in [1.807, 2.05) is 18.2 Å². The van der Waals surface area contributed by atoms with Gasteiger partial charge in [-0.1, -0.05) is 36.4 Å². The van der Waals surface area contributed by atoms with Gasteiger partial charge in [0.15, 0.2) is 0 Å². The molecule has 9 heteroatoms. The second kappa shape index (κ2) is 10.0. The first-order chi connectivity index (χ1) is 16.9. The predicted molar refractivity (Wildman–Crippen MR) is 135 cm³/mol. The molecule has 6 nitrogen and oxygen atoms in total. The van der Waals surface area contributed by atoms with E-state index in [4.69, 9.17) is 16.3 Å². The summed E-state index contributed by atoms with van der Waals surface area (Å²) in [4.78, 5) is 9.13. The van der Waals surface area contributed by atoms with Gasteiger partial charge in [-0.15, -0.1) is 0 Å². The SMILES string of the molecule is C=C(N[C@@H](c1ccc(F)c(Cl)c1)[C@]1(F)CCNC1)c1ccc2cnc(NC3CCOCC3)nc2c1. The minimum atomic E-state index is -1.58. The molecule has 2 aliphatic rings. The second-order valence-electron chi connectivity index (χ2n) is 9.19. The van der Waals surface area contributed by atoms with E-state index in [2.05, 4.69) is 32.5 Å². The van der Waals surface area contributed by atoms with Gasteiger partial charge in [0.05, 0.1) is 16.6 Å². The molecule has 2 aliphatic heterocycles. The highest BCUT2D eigenvalue weighted by molar-refractivity contribution is 6.30. The summed E-state index contributed by atoms with van der Waals surface area (Å²) in [5.41, 5.74) is 1.06. The van der Waals surface area contributed by atoms with Crippen LogP contribution in [0.1, 0.15) is 36.4 Å². The lowest BCUT2D eigenvalue weighted by Crippen LogP contribution is -2.41. The highest BCUT2D eigenvalue weighted by Crippen LogP contribution is 2.37. The molecule has 3 heterocycles. The maximum atomic E-state index is 16.0. The van der Waals surface area contributed by atoms with E-state index in [0.29, 0.717) is 30.2 Å². The molecule has 0 spiro atoms. The summed E-state index contributed by atoms with van der Waals surface area (Å²) in [6.45, 7) is 6.38. The van der Waals surface area contributed by atoms with E-state index in [-0.39, 0.29) is 17.6 Å². The molecule has 2 aromatic carbocycles. The van der Waals surface area contributed by atoms with Gasteiger partial charge in [0.1, 0.15) is 11.5 Å². The van der Waals surface area contributed by atoms with Crippen molar-refractivity contribution in [1.82, 2.24) is 20.6 Å². The van der Waals surface area contributed by atoms with Crippen LogP contribution in [0.4, 0.5) is 14.7 Å². The van der Waals surface area contributed by atoms with E-state index in [1.165, 1.54) is 12.1 Å². The standard InChI is InChI=1S/C26H28ClF2N5O/c1-16(32-24(26(29)8-9-30-15-26)18-4-5-22(28)21(27)12-18)17-2-3-19-14-31-25(34-23(19)13-17)33-20-6-10-35-11-7-20/h2-5,12-14,20,24,30,32H,1,6-11,15H2,(H,31,33,34)/t24-,26-/m0/s1. The zero-order valence-electron chi connectivity index (χ0n) is 19.3. The van der Waals surface area contributed by atoms with Crippen LogP contribution in [0.2, 0.25) is 5.02 Å². The van der Waals surface area contributed by atoms with E-state index in [9.17, 15) is 4.39 Å². The van der Waals surface area contributed by atoms with E-state index in [1.54, 1.807) is 12.3 Å². The molecule has 0 bridgehead atoms. The van der Waals surface area contributed by atoms with Crippen molar-refractivity contribution < 1.29 is 13.5 Å². The zero-order chi connectivity index (χ0) is 24.4. The highest BCUT2D eigenvalue weighted by atomic mass is 35.5. The van der Waals surface area contributed by atoms with Crippen LogP contribution in [0.25, 0.3) is 16.6 Å². The fourth-order valence-corrected chi connectivity index (χ4v) is 4.88. The van der Waals surface area contributed by atoms with Gasteiger partial charge in [-0.25, -0.2) is 18.7 Å². The molecule has 3 N–H and O–H groups in total. The smallest absolute Gasteiger partial charge is 0.223 e. The average Bonchev–Trinajstić information content (AvgIpc) is 3.31. The summed E-state index contributed by atoms with van der Waals surface area (Å²) in [6, 6.07) is 9.56. The van der Waals surface area contributed by atoms with Gasteiger partial charge >= 0.3 is 0 Å². The number of anilines is 1. The first-order valence-corrected chi connectivity index (χ1v) is 12.2. The Morgan fingerprint density at radius 3 is 2.80 bits per heavy atom. The molecule has 0 radical (unpaired) electrons. The number of nitrogens with one attached hydrogen (secondary N) is 3. The van der Waals surface area contributed by atoms with E-state index in [0.717, 1.165) is 42.5 Å². The predicted octanol–water partition coefficient (Wildman–Crippen LogP) is 5.02. The van der Waals surface area contributed by atoms with Crippen molar-refractivity contribution in [2.75, 3.05) is 31.6 Å². The van der Waals surface area contributed by atoms with E-state index < -0.39 is 17.5 Å². The quantitative estimate of drug-likeness (QED) is 0.424. The van der Waals surface area contributed by atoms with Gasteiger partial charge in [0.25, 0.3) is 0 Å². The van der Waals surface area contributed by atoms with Crippen molar-refractivity contribution in [1.29, 1.82) is 0 Å². The molecule has 184 valence electrons. The van der Waals surface area contributed by atoms with Crippen molar-refractivity contribution in [3.63, 3.8) is 0 Å². The summed E-state index contributed by atoms with van der Waals surface area (Å²) in [6.07, 6.45) is 3.93. The van der Waals surface area contributed by atoms with Gasteiger partial charge in [-0.3, -0.25) is 0 Å². The van der Waals surface area contributed by atoms with Gasteiger partial charge < -0.3 is 20.7 Å². The third kappa shape index (κ3) is 5.24.